The van der Waals surface area contributed by atoms with Gasteiger partial charge in [-0.1, -0.05) is 11.3 Å². The average molecular weight is 459 g/mol. The Morgan fingerprint density at radius 3 is 3.06 bits per heavy atom. The predicted molar refractivity (Wildman–Crippen MR) is 120 cm³/mol. The van der Waals surface area contributed by atoms with Crippen molar-refractivity contribution in [3.63, 3.8) is 0 Å². The van der Waals surface area contributed by atoms with E-state index in [1.54, 1.807) is 18.2 Å². The highest BCUT2D eigenvalue weighted by molar-refractivity contribution is 7.17. The van der Waals surface area contributed by atoms with Crippen molar-refractivity contribution in [1.29, 1.82) is 0 Å². The second-order valence-corrected chi connectivity index (χ2v) is 8.40. The Balaban J connectivity index is 1.40. The Morgan fingerprint density at radius 1 is 1.34 bits per heavy atom. The number of aromatic nitrogens is 3. The molecule has 11 heteroatoms. The van der Waals surface area contributed by atoms with Crippen molar-refractivity contribution in [2.45, 2.75) is 25.5 Å². The fourth-order valence-electron chi connectivity index (χ4n) is 3.42. The van der Waals surface area contributed by atoms with E-state index in [9.17, 15) is 9.59 Å². The summed E-state index contributed by atoms with van der Waals surface area (Å²) < 4.78 is 12.6. The number of nitrogens with zero attached hydrogens (tertiary/aromatic N) is 4. The molecule has 1 saturated heterocycles. The second-order valence-electron chi connectivity index (χ2n) is 7.39. The summed E-state index contributed by atoms with van der Waals surface area (Å²) in [4.78, 5) is 36.0. The molecule has 3 aromatic rings. The number of methoxy groups -OCH3 is 1. The Morgan fingerprint density at radius 2 is 2.25 bits per heavy atom. The number of carbonyl (C=O) groups excluding carboxylic acids is 2. The molecule has 4 heterocycles. The maximum atomic E-state index is 12.7. The lowest BCUT2D eigenvalue weighted by Crippen LogP contribution is -2.44. The van der Waals surface area contributed by atoms with Crippen LogP contribution in [-0.2, 0) is 16.0 Å². The summed E-state index contributed by atoms with van der Waals surface area (Å²) in [7, 11) is 1.58. The molecule has 1 aliphatic rings. The van der Waals surface area contributed by atoms with Gasteiger partial charge in [-0.2, -0.15) is 0 Å². The molecule has 0 radical (unpaired) electrons. The van der Waals surface area contributed by atoms with Gasteiger partial charge in [0.25, 0.3) is 5.91 Å². The fourth-order valence-corrected chi connectivity index (χ4v) is 4.26. The van der Waals surface area contributed by atoms with Gasteiger partial charge in [-0.3, -0.25) is 9.69 Å². The van der Waals surface area contributed by atoms with Crippen LogP contribution in [0.2, 0.25) is 0 Å². The van der Waals surface area contributed by atoms with E-state index in [2.05, 4.69) is 20.6 Å². The fraction of sp³-hybridized carbons (Fsp3) is 0.429. The zero-order valence-corrected chi connectivity index (χ0v) is 18.6. The number of hydrogen-bond acceptors (Lipinski definition) is 7. The van der Waals surface area contributed by atoms with Gasteiger partial charge in [-0.15, -0.1) is 0 Å². The summed E-state index contributed by atoms with van der Waals surface area (Å²) >= 11 is 1.18. The summed E-state index contributed by atoms with van der Waals surface area (Å²) in [6.45, 7) is 2.25. The normalized spacial score (nSPS) is 15.7. The van der Waals surface area contributed by atoms with E-state index in [1.807, 2.05) is 28.9 Å². The van der Waals surface area contributed by atoms with Crippen molar-refractivity contribution < 1.29 is 19.1 Å². The van der Waals surface area contributed by atoms with Crippen molar-refractivity contribution in [3.05, 3.63) is 47.4 Å². The van der Waals surface area contributed by atoms with E-state index >= 15 is 0 Å². The Kier molecular flexibility index (Phi) is 7.30. The smallest absolute Gasteiger partial charge is 0.323 e. The van der Waals surface area contributed by atoms with Gasteiger partial charge in [-0.25, -0.2) is 14.8 Å². The third kappa shape index (κ3) is 5.42. The molecule has 0 spiro atoms. The Labute approximate surface area is 189 Å². The lowest BCUT2D eigenvalue weighted by molar-refractivity contribution is 0.0954. The summed E-state index contributed by atoms with van der Waals surface area (Å²) in [5.41, 5.74) is 1.76. The molecule has 1 atom stereocenters. The molecule has 0 saturated carbocycles. The van der Waals surface area contributed by atoms with Crippen molar-refractivity contribution in [3.8, 4) is 0 Å². The zero-order valence-electron chi connectivity index (χ0n) is 17.8. The summed E-state index contributed by atoms with van der Waals surface area (Å²) in [5, 5.41) is 6.18. The molecule has 1 unspecified atom stereocenters. The molecule has 0 aliphatic carbocycles. The second kappa shape index (κ2) is 10.5. The van der Waals surface area contributed by atoms with E-state index in [0.29, 0.717) is 42.9 Å². The highest BCUT2D eigenvalue weighted by Gasteiger charge is 2.26. The van der Waals surface area contributed by atoms with Crippen LogP contribution in [0.4, 0.5) is 9.93 Å². The first-order chi connectivity index (χ1) is 15.6. The molecule has 170 valence electrons. The number of rotatable bonds is 9. The van der Waals surface area contributed by atoms with Gasteiger partial charge in [0.15, 0.2) is 5.13 Å². The molecule has 1 fully saturated rings. The van der Waals surface area contributed by atoms with Gasteiger partial charge in [0.1, 0.15) is 10.5 Å². The topological polar surface area (TPSA) is 110 Å². The van der Waals surface area contributed by atoms with Gasteiger partial charge in [0.05, 0.1) is 25.5 Å². The largest absolute Gasteiger partial charge is 0.383 e. The SMILES string of the molecule is COCCNC(=O)N(CC1CCCO1)c1ncc(C(=O)NCc2ccn3ccnc3c2)s1. The minimum atomic E-state index is -0.285. The maximum absolute atomic E-state index is 12.7. The number of pyridine rings is 1. The van der Waals surface area contributed by atoms with Crippen LogP contribution in [0.1, 0.15) is 28.1 Å². The van der Waals surface area contributed by atoms with Crippen molar-refractivity contribution >= 4 is 34.1 Å². The molecule has 32 heavy (non-hydrogen) atoms. The highest BCUT2D eigenvalue weighted by Crippen LogP contribution is 2.25. The number of urea groups is 1. The molecular weight excluding hydrogens is 432 g/mol. The van der Waals surface area contributed by atoms with E-state index in [1.165, 1.54) is 17.5 Å². The van der Waals surface area contributed by atoms with Crippen LogP contribution in [0.5, 0.6) is 0 Å². The van der Waals surface area contributed by atoms with Crippen molar-refractivity contribution in [2.75, 3.05) is 38.3 Å². The van der Waals surface area contributed by atoms with Gasteiger partial charge < -0.3 is 24.5 Å². The van der Waals surface area contributed by atoms with E-state index in [0.717, 1.165) is 24.1 Å². The molecule has 0 bridgehead atoms. The summed E-state index contributed by atoms with van der Waals surface area (Å²) in [6, 6.07) is 3.57. The van der Waals surface area contributed by atoms with Crippen molar-refractivity contribution in [2.24, 2.45) is 0 Å². The quantitative estimate of drug-likeness (QED) is 0.475. The van der Waals surface area contributed by atoms with Crippen LogP contribution in [-0.4, -0.2) is 65.8 Å². The van der Waals surface area contributed by atoms with Crippen LogP contribution in [0.15, 0.2) is 36.9 Å². The lowest BCUT2D eigenvalue weighted by atomic mass is 10.2. The van der Waals surface area contributed by atoms with Crippen LogP contribution in [0, 0.1) is 0 Å². The molecule has 3 aromatic heterocycles. The molecule has 4 rings (SSSR count). The summed E-state index contributed by atoms with van der Waals surface area (Å²) in [6.07, 6.45) is 8.82. The first kappa shape index (κ1) is 22.2. The first-order valence-electron chi connectivity index (χ1n) is 10.5. The van der Waals surface area contributed by atoms with Gasteiger partial charge in [-0.05, 0) is 30.5 Å². The minimum absolute atomic E-state index is 0.0399. The van der Waals surface area contributed by atoms with Crippen LogP contribution in [0.25, 0.3) is 5.65 Å². The molecule has 3 amide bonds. The number of imidazole rings is 1. The highest BCUT2D eigenvalue weighted by atomic mass is 32.1. The number of ether oxygens (including phenoxy) is 2. The number of hydrogen-bond donors (Lipinski definition) is 2. The number of thiazole rings is 1. The number of anilines is 1. The standard InChI is InChI=1S/C21H26N6O4S/c1-30-10-6-23-20(29)27(14-16-3-2-9-31-16)21-25-13-17(32-21)19(28)24-12-15-4-7-26-8-5-22-18(26)11-15/h4-5,7-8,11,13,16H,2-3,6,9-10,12,14H2,1H3,(H,23,29)(H,24,28). The molecule has 1 aliphatic heterocycles. The molecule has 0 aromatic carbocycles. The van der Waals surface area contributed by atoms with Gasteiger partial charge in [0, 0.05) is 45.4 Å². The molecule has 10 nitrogen and oxygen atoms in total. The predicted octanol–water partition coefficient (Wildman–Crippen LogP) is 2.06. The molecule has 2 N–H and O–H groups in total. The maximum Gasteiger partial charge on any atom is 0.323 e. The lowest BCUT2D eigenvalue weighted by Gasteiger charge is -2.23. The van der Waals surface area contributed by atoms with Gasteiger partial charge >= 0.3 is 6.03 Å². The van der Waals surface area contributed by atoms with E-state index < -0.39 is 0 Å². The minimum Gasteiger partial charge on any atom is -0.383 e. The first-order valence-corrected chi connectivity index (χ1v) is 11.3. The molecular formula is C21H26N6O4S. The van der Waals surface area contributed by atoms with E-state index in [-0.39, 0.29) is 18.0 Å². The monoisotopic (exact) mass is 458 g/mol. The van der Waals surface area contributed by atoms with Crippen molar-refractivity contribution in [1.82, 2.24) is 25.0 Å². The average Bonchev–Trinajstić information content (AvgIpc) is 3.57. The number of carbonyl (C=O) groups is 2. The van der Waals surface area contributed by atoms with Crippen LogP contribution < -0.4 is 15.5 Å². The number of fused-ring (bicyclic) bond motifs is 1. The van der Waals surface area contributed by atoms with Gasteiger partial charge in [0.2, 0.25) is 0 Å². The summed E-state index contributed by atoms with van der Waals surface area (Å²) in [5.74, 6) is -0.242. The number of nitrogens with one attached hydrogen (secondary N) is 2. The van der Waals surface area contributed by atoms with E-state index in [4.69, 9.17) is 9.47 Å². The van der Waals surface area contributed by atoms with Crippen LogP contribution in [0.3, 0.4) is 0 Å². The van der Waals surface area contributed by atoms with Crippen LogP contribution >= 0.6 is 11.3 Å². The Hall–Kier alpha value is -3.02. The zero-order chi connectivity index (χ0) is 22.3. The number of amides is 3. The Bertz CT molecular complexity index is 1060. The third-order valence-electron chi connectivity index (χ3n) is 5.10. The third-order valence-corrected chi connectivity index (χ3v) is 6.12.